The summed E-state index contributed by atoms with van der Waals surface area (Å²) in [5.74, 6) is 0.579. The Morgan fingerprint density at radius 2 is 1.82 bits per heavy atom. The molecule has 1 aliphatic rings. The van der Waals surface area contributed by atoms with Crippen LogP contribution in [0.15, 0.2) is 0 Å². The van der Waals surface area contributed by atoms with Crippen LogP contribution in [0.3, 0.4) is 0 Å². The molecule has 1 rings (SSSR count). The fourth-order valence-electron chi connectivity index (χ4n) is 2.28. The standard InChI is InChI=1S/C12H24N2O3/c1-16-17-10-13-14-12(15)9-11-7-5-3-2-4-6-8-11/h11,13H,2-10H2,1H3,(H,14,15). The van der Waals surface area contributed by atoms with Crippen molar-refractivity contribution >= 4 is 5.91 Å². The Morgan fingerprint density at radius 1 is 1.18 bits per heavy atom. The van der Waals surface area contributed by atoms with Gasteiger partial charge in [0.2, 0.25) is 5.91 Å². The molecule has 0 aromatic rings. The quantitative estimate of drug-likeness (QED) is 0.324. The van der Waals surface area contributed by atoms with Gasteiger partial charge in [-0.15, -0.1) is 0 Å². The topological polar surface area (TPSA) is 59.6 Å². The number of nitrogens with one attached hydrogen (secondary N) is 2. The summed E-state index contributed by atoms with van der Waals surface area (Å²) in [6.07, 6.45) is 9.49. The van der Waals surface area contributed by atoms with Gasteiger partial charge in [-0.2, -0.15) is 0 Å². The van der Waals surface area contributed by atoms with Gasteiger partial charge in [0, 0.05) is 6.42 Å². The molecule has 1 aliphatic carbocycles. The number of amides is 1. The van der Waals surface area contributed by atoms with Gasteiger partial charge in [-0.25, -0.2) is 15.2 Å². The van der Waals surface area contributed by atoms with E-state index in [2.05, 4.69) is 20.6 Å². The zero-order valence-electron chi connectivity index (χ0n) is 10.7. The summed E-state index contributed by atoms with van der Waals surface area (Å²) in [6.45, 7) is 0.160. The van der Waals surface area contributed by atoms with Crippen LogP contribution in [0.2, 0.25) is 0 Å². The molecule has 0 unspecified atom stereocenters. The van der Waals surface area contributed by atoms with E-state index >= 15 is 0 Å². The van der Waals surface area contributed by atoms with E-state index < -0.39 is 0 Å². The molecule has 0 aromatic heterocycles. The molecule has 1 fully saturated rings. The maximum Gasteiger partial charge on any atom is 0.234 e. The second-order valence-corrected chi connectivity index (χ2v) is 4.57. The predicted molar refractivity (Wildman–Crippen MR) is 64.7 cm³/mol. The molecule has 5 heteroatoms. The lowest BCUT2D eigenvalue weighted by Gasteiger charge is -2.19. The monoisotopic (exact) mass is 244 g/mol. The highest BCUT2D eigenvalue weighted by Gasteiger charge is 2.14. The van der Waals surface area contributed by atoms with Crippen molar-refractivity contribution in [1.82, 2.24) is 10.9 Å². The third-order valence-corrected chi connectivity index (χ3v) is 3.18. The Labute approximate surface area is 103 Å². The first-order chi connectivity index (χ1) is 8.33. The summed E-state index contributed by atoms with van der Waals surface area (Å²) < 4.78 is 0. The number of hydrazine groups is 1. The molecule has 0 atom stereocenters. The first kappa shape index (κ1) is 14.4. The van der Waals surface area contributed by atoms with Gasteiger partial charge in [-0.1, -0.05) is 32.1 Å². The second kappa shape index (κ2) is 9.39. The van der Waals surface area contributed by atoms with Crippen molar-refractivity contribution in [2.24, 2.45) is 5.92 Å². The number of hydrogen-bond acceptors (Lipinski definition) is 4. The maximum absolute atomic E-state index is 11.6. The maximum atomic E-state index is 11.6. The predicted octanol–water partition coefficient (Wildman–Crippen LogP) is 1.89. The van der Waals surface area contributed by atoms with Crippen LogP contribution in [-0.2, 0) is 14.6 Å². The van der Waals surface area contributed by atoms with Crippen LogP contribution >= 0.6 is 0 Å². The largest absolute Gasteiger partial charge is 0.289 e. The normalized spacial score (nSPS) is 18.4. The SMILES string of the molecule is COOCNNC(=O)CC1CCCCCCC1. The minimum atomic E-state index is 0.0373. The molecule has 0 radical (unpaired) electrons. The van der Waals surface area contributed by atoms with E-state index in [1.54, 1.807) is 0 Å². The van der Waals surface area contributed by atoms with Crippen LogP contribution in [0.5, 0.6) is 0 Å². The zero-order chi connectivity index (χ0) is 12.3. The number of hydrogen-bond donors (Lipinski definition) is 2. The van der Waals surface area contributed by atoms with Crippen LogP contribution in [0.25, 0.3) is 0 Å². The van der Waals surface area contributed by atoms with Crippen molar-refractivity contribution in [3.05, 3.63) is 0 Å². The lowest BCUT2D eigenvalue weighted by molar-refractivity contribution is -0.278. The molecular formula is C12H24N2O3. The zero-order valence-corrected chi connectivity index (χ0v) is 10.7. The lowest BCUT2D eigenvalue weighted by Crippen LogP contribution is -2.39. The lowest BCUT2D eigenvalue weighted by atomic mass is 9.89. The molecule has 0 spiro atoms. The van der Waals surface area contributed by atoms with Crippen LogP contribution in [0, 0.1) is 5.92 Å². The molecule has 0 aromatic carbocycles. The van der Waals surface area contributed by atoms with E-state index in [4.69, 9.17) is 0 Å². The summed E-state index contributed by atoms with van der Waals surface area (Å²) in [5, 5.41) is 0. The Kier molecular flexibility index (Phi) is 7.96. The molecule has 1 saturated carbocycles. The van der Waals surface area contributed by atoms with Gasteiger partial charge < -0.3 is 0 Å². The summed E-state index contributed by atoms with van der Waals surface area (Å²) in [5.41, 5.74) is 5.26. The number of rotatable bonds is 6. The van der Waals surface area contributed by atoms with Crippen molar-refractivity contribution in [1.29, 1.82) is 0 Å². The highest BCUT2D eigenvalue weighted by molar-refractivity contribution is 5.75. The summed E-state index contributed by atoms with van der Waals surface area (Å²) >= 11 is 0. The van der Waals surface area contributed by atoms with Crippen molar-refractivity contribution in [2.75, 3.05) is 13.8 Å². The van der Waals surface area contributed by atoms with Crippen molar-refractivity contribution in [3.63, 3.8) is 0 Å². The molecule has 0 aliphatic heterocycles. The van der Waals surface area contributed by atoms with E-state index in [9.17, 15) is 4.79 Å². The Balaban J connectivity index is 2.10. The van der Waals surface area contributed by atoms with E-state index in [1.807, 2.05) is 0 Å². The molecule has 17 heavy (non-hydrogen) atoms. The Hall–Kier alpha value is -0.650. The first-order valence-electron chi connectivity index (χ1n) is 6.50. The van der Waals surface area contributed by atoms with Crippen LogP contribution in [0.4, 0.5) is 0 Å². The highest BCUT2D eigenvalue weighted by atomic mass is 17.2. The fraction of sp³-hybridized carbons (Fsp3) is 0.917. The molecule has 0 bridgehead atoms. The van der Waals surface area contributed by atoms with E-state index in [0.29, 0.717) is 12.3 Å². The van der Waals surface area contributed by atoms with Gasteiger partial charge in [-0.05, 0) is 18.8 Å². The third-order valence-electron chi connectivity index (χ3n) is 3.18. The van der Waals surface area contributed by atoms with Crippen LogP contribution in [0.1, 0.15) is 51.4 Å². The van der Waals surface area contributed by atoms with Crippen molar-refractivity contribution in [2.45, 2.75) is 51.4 Å². The van der Waals surface area contributed by atoms with Gasteiger partial charge in [0.1, 0.15) is 6.73 Å². The minimum absolute atomic E-state index is 0.0373. The highest BCUT2D eigenvalue weighted by Crippen LogP contribution is 2.24. The third kappa shape index (κ3) is 7.31. The molecule has 5 nitrogen and oxygen atoms in total. The minimum Gasteiger partial charge on any atom is -0.289 e. The second-order valence-electron chi connectivity index (χ2n) is 4.57. The Bertz CT molecular complexity index is 204. The Morgan fingerprint density at radius 3 is 2.47 bits per heavy atom. The van der Waals surface area contributed by atoms with Gasteiger partial charge in [0.05, 0.1) is 7.11 Å². The van der Waals surface area contributed by atoms with Crippen molar-refractivity contribution in [3.8, 4) is 0 Å². The fourth-order valence-corrected chi connectivity index (χ4v) is 2.28. The molecule has 0 heterocycles. The van der Waals surface area contributed by atoms with Crippen LogP contribution in [-0.4, -0.2) is 19.7 Å². The molecule has 1 amide bonds. The van der Waals surface area contributed by atoms with Gasteiger partial charge in [-0.3, -0.25) is 10.2 Å². The average Bonchev–Trinajstić information content (AvgIpc) is 2.28. The number of carbonyl (C=O) groups is 1. The van der Waals surface area contributed by atoms with Crippen molar-refractivity contribution < 1.29 is 14.6 Å². The van der Waals surface area contributed by atoms with E-state index in [0.717, 1.165) is 0 Å². The van der Waals surface area contributed by atoms with Gasteiger partial charge in [0.15, 0.2) is 0 Å². The van der Waals surface area contributed by atoms with E-state index in [-0.39, 0.29) is 12.6 Å². The molecule has 2 N–H and O–H groups in total. The average molecular weight is 244 g/mol. The summed E-state index contributed by atoms with van der Waals surface area (Å²) in [4.78, 5) is 20.6. The summed E-state index contributed by atoms with van der Waals surface area (Å²) in [6, 6.07) is 0. The molecule has 100 valence electrons. The van der Waals surface area contributed by atoms with Gasteiger partial charge in [0.25, 0.3) is 0 Å². The van der Waals surface area contributed by atoms with E-state index in [1.165, 1.54) is 52.1 Å². The smallest absolute Gasteiger partial charge is 0.234 e. The number of carbonyl (C=O) groups excluding carboxylic acids is 1. The van der Waals surface area contributed by atoms with Gasteiger partial charge >= 0.3 is 0 Å². The molecular weight excluding hydrogens is 220 g/mol. The van der Waals surface area contributed by atoms with Crippen LogP contribution < -0.4 is 10.9 Å². The summed E-state index contributed by atoms with van der Waals surface area (Å²) in [7, 11) is 1.43. The first-order valence-corrected chi connectivity index (χ1v) is 6.50. The molecule has 0 saturated heterocycles.